The van der Waals surface area contributed by atoms with Crippen molar-refractivity contribution >= 4 is 22.3 Å². The molecule has 0 aliphatic heterocycles. The van der Waals surface area contributed by atoms with Crippen LogP contribution in [0.4, 0.5) is 5.69 Å². The second-order valence-corrected chi connectivity index (χ2v) is 8.69. The summed E-state index contributed by atoms with van der Waals surface area (Å²) in [6, 6.07) is 29.6. The minimum atomic E-state index is 0.410. The summed E-state index contributed by atoms with van der Waals surface area (Å²) in [6.45, 7) is 8.97. The molecule has 0 saturated heterocycles. The smallest absolute Gasteiger partial charge is 0.0705 e. The van der Waals surface area contributed by atoms with Crippen molar-refractivity contribution in [3.05, 3.63) is 107 Å². The SMILES string of the molecule is CC(C)c1cccc(C(C)C)c1N=C(Cc1ccc2ccccc2n1)c1ccccc1. The van der Waals surface area contributed by atoms with Crippen molar-refractivity contribution in [2.24, 2.45) is 4.99 Å². The van der Waals surface area contributed by atoms with Gasteiger partial charge in [0.25, 0.3) is 0 Å². The van der Waals surface area contributed by atoms with Crippen LogP contribution in [-0.2, 0) is 6.42 Å². The summed E-state index contributed by atoms with van der Waals surface area (Å²) in [5, 5.41) is 1.16. The highest BCUT2D eigenvalue weighted by molar-refractivity contribution is 6.03. The van der Waals surface area contributed by atoms with Crippen molar-refractivity contribution < 1.29 is 0 Å². The number of hydrogen-bond donors (Lipinski definition) is 0. The maximum atomic E-state index is 5.32. The number of fused-ring (bicyclic) bond motifs is 1. The van der Waals surface area contributed by atoms with Crippen LogP contribution in [0.15, 0.2) is 89.9 Å². The Hall–Kier alpha value is -3.26. The summed E-state index contributed by atoms with van der Waals surface area (Å²) in [4.78, 5) is 10.2. The Kier molecular flexibility index (Phi) is 6.27. The van der Waals surface area contributed by atoms with E-state index in [-0.39, 0.29) is 0 Å². The molecule has 0 unspecified atom stereocenters. The molecule has 156 valence electrons. The molecular formula is C29H30N2. The van der Waals surface area contributed by atoms with Crippen molar-refractivity contribution in [3.63, 3.8) is 0 Å². The maximum Gasteiger partial charge on any atom is 0.0705 e. The van der Waals surface area contributed by atoms with Crippen molar-refractivity contribution in [3.8, 4) is 0 Å². The van der Waals surface area contributed by atoms with Gasteiger partial charge in [0.2, 0.25) is 0 Å². The Balaban J connectivity index is 1.85. The number of pyridine rings is 1. The van der Waals surface area contributed by atoms with Crippen LogP contribution in [0, 0.1) is 0 Å². The minimum absolute atomic E-state index is 0.410. The van der Waals surface area contributed by atoms with Gasteiger partial charge in [0.15, 0.2) is 0 Å². The van der Waals surface area contributed by atoms with Gasteiger partial charge >= 0.3 is 0 Å². The van der Waals surface area contributed by atoms with E-state index in [9.17, 15) is 0 Å². The van der Waals surface area contributed by atoms with Crippen molar-refractivity contribution in [2.75, 3.05) is 0 Å². The molecule has 1 aromatic heterocycles. The molecule has 0 bridgehead atoms. The molecule has 3 aromatic carbocycles. The molecule has 0 aliphatic carbocycles. The molecule has 4 rings (SSSR count). The quantitative estimate of drug-likeness (QED) is 0.299. The van der Waals surface area contributed by atoms with Crippen LogP contribution in [0.5, 0.6) is 0 Å². The van der Waals surface area contributed by atoms with Gasteiger partial charge in [0.1, 0.15) is 0 Å². The van der Waals surface area contributed by atoms with E-state index < -0.39 is 0 Å². The van der Waals surface area contributed by atoms with Gasteiger partial charge in [-0.25, -0.2) is 0 Å². The summed E-state index contributed by atoms with van der Waals surface area (Å²) in [5.74, 6) is 0.821. The van der Waals surface area contributed by atoms with Crippen LogP contribution in [-0.4, -0.2) is 10.7 Å². The highest BCUT2D eigenvalue weighted by Gasteiger charge is 2.15. The fourth-order valence-corrected chi connectivity index (χ4v) is 3.99. The second-order valence-electron chi connectivity index (χ2n) is 8.69. The Labute approximate surface area is 185 Å². The van der Waals surface area contributed by atoms with Gasteiger partial charge in [-0.1, -0.05) is 100 Å². The predicted molar refractivity (Wildman–Crippen MR) is 133 cm³/mol. The minimum Gasteiger partial charge on any atom is -0.252 e. The van der Waals surface area contributed by atoms with E-state index in [1.807, 2.05) is 6.07 Å². The highest BCUT2D eigenvalue weighted by atomic mass is 14.8. The number of benzene rings is 3. The molecule has 0 saturated carbocycles. The zero-order valence-corrected chi connectivity index (χ0v) is 18.8. The normalized spacial score (nSPS) is 12.1. The second kappa shape index (κ2) is 9.26. The van der Waals surface area contributed by atoms with Crippen molar-refractivity contribution in [2.45, 2.75) is 46.0 Å². The highest BCUT2D eigenvalue weighted by Crippen LogP contribution is 2.35. The number of para-hydroxylation sites is 2. The Morgan fingerprint density at radius 2 is 1.35 bits per heavy atom. The zero-order valence-electron chi connectivity index (χ0n) is 18.8. The maximum absolute atomic E-state index is 5.32. The summed E-state index contributed by atoms with van der Waals surface area (Å²) < 4.78 is 0. The van der Waals surface area contributed by atoms with E-state index in [2.05, 4.69) is 107 Å². The molecule has 0 atom stereocenters. The molecule has 0 spiro atoms. The molecule has 4 aromatic rings. The van der Waals surface area contributed by atoms with E-state index in [1.54, 1.807) is 0 Å². The summed E-state index contributed by atoms with van der Waals surface area (Å²) in [7, 11) is 0. The standard InChI is InChI=1S/C29H30N2/c1-20(2)25-14-10-15-26(21(3)4)29(25)31-28(22-11-6-5-7-12-22)19-24-18-17-23-13-8-9-16-27(23)30-24/h5-18,20-21H,19H2,1-4H3. The number of aliphatic imine (C=N–C) groups is 1. The predicted octanol–water partition coefficient (Wildman–Crippen LogP) is 7.85. The largest absolute Gasteiger partial charge is 0.252 e. The third-order valence-electron chi connectivity index (χ3n) is 5.70. The molecule has 0 N–H and O–H groups in total. The van der Waals surface area contributed by atoms with Crippen molar-refractivity contribution in [1.29, 1.82) is 0 Å². The topological polar surface area (TPSA) is 25.2 Å². The first-order valence-electron chi connectivity index (χ1n) is 11.1. The number of aromatic nitrogens is 1. The van der Waals surface area contributed by atoms with Gasteiger partial charge in [0.05, 0.1) is 16.9 Å². The van der Waals surface area contributed by atoms with E-state index in [4.69, 9.17) is 9.98 Å². The first-order chi connectivity index (χ1) is 15.0. The van der Waals surface area contributed by atoms with E-state index >= 15 is 0 Å². The van der Waals surface area contributed by atoms with E-state index in [1.165, 1.54) is 11.1 Å². The van der Waals surface area contributed by atoms with Gasteiger partial charge in [0, 0.05) is 17.5 Å². The van der Waals surface area contributed by atoms with Crippen LogP contribution in [0.3, 0.4) is 0 Å². The third kappa shape index (κ3) is 4.74. The Bertz CT molecular complexity index is 1180. The molecule has 0 aliphatic rings. The lowest BCUT2D eigenvalue weighted by Gasteiger charge is -2.18. The lowest BCUT2D eigenvalue weighted by Crippen LogP contribution is -2.08. The first kappa shape index (κ1) is 21.0. The fraction of sp³-hybridized carbons (Fsp3) is 0.241. The average Bonchev–Trinajstić information content (AvgIpc) is 2.79. The molecule has 31 heavy (non-hydrogen) atoms. The number of rotatable bonds is 6. The van der Waals surface area contributed by atoms with Gasteiger partial charge in [-0.15, -0.1) is 0 Å². The number of nitrogens with zero attached hydrogens (tertiary/aromatic N) is 2. The molecule has 2 nitrogen and oxygen atoms in total. The summed E-state index contributed by atoms with van der Waals surface area (Å²) >= 11 is 0. The molecule has 0 radical (unpaired) electrons. The first-order valence-corrected chi connectivity index (χ1v) is 11.1. The molecule has 0 fully saturated rings. The average molecular weight is 407 g/mol. The van der Waals surface area contributed by atoms with E-state index in [0.29, 0.717) is 18.3 Å². The molecular weight excluding hydrogens is 376 g/mol. The van der Waals surface area contributed by atoms with Gasteiger partial charge < -0.3 is 0 Å². The van der Waals surface area contributed by atoms with Crippen LogP contribution in [0.1, 0.15) is 61.9 Å². The molecule has 2 heteroatoms. The van der Waals surface area contributed by atoms with Crippen LogP contribution in [0.2, 0.25) is 0 Å². The van der Waals surface area contributed by atoms with Crippen LogP contribution < -0.4 is 0 Å². The zero-order chi connectivity index (χ0) is 21.8. The third-order valence-corrected chi connectivity index (χ3v) is 5.70. The molecule has 1 heterocycles. The van der Waals surface area contributed by atoms with Crippen molar-refractivity contribution in [1.82, 2.24) is 4.98 Å². The van der Waals surface area contributed by atoms with Gasteiger partial charge in [-0.05, 0) is 40.7 Å². The lowest BCUT2D eigenvalue weighted by atomic mass is 9.92. The Morgan fingerprint density at radius 1 is 0.710 bits per heavy atom. The van der Waals surface area contributed by atoms with Crippen LogP contribution in [0.25, 0.3) is 10.9 Å². The fourth-order valence-electron chi connectivity index (χ4n) is 3.99. The number of hydrogen-bond acceptors (Lipinski definition) is 2. The van der Waals surface area contributed by atoms with Gasteiger partial charge in [-0.2, -0.15) is 0 Å². The Morgan fingerprint density at radius 3 is 2.03 bits per heavy atom. The van der Waals surface area contributed by atoms with Gasteiger partial charge in [-0.3, -0.25) is 9.98 Å². The summed E-state index contributed by atoms with van der Waals surface area (Å²) in [5.41, 5.74) is 7.97. The monoisotopic (exact) mass is 406 g/mol. The molecule has 0 amide bonds. The van der Waals surface area contributed by atoms with E-state index in [0.717, 1.165) is 33.6 Å². The van der Waals surface area contributed by atoms with Crippen LogP contribution >= 0.6 is 0 Å². The summed E-state index contributed by atoms with van der Waals surface area (Å²) in [6.07, 6.45) is 0.693. The lowest BCUT2D eigenvalue weighted by molar-refractivity contribution is 0.834.